The van der Waals surface area contributed by atoms with Crippen molar-refractivity contribution in [2.75, 3.05) is 5.12 Å². The first kappa shape index (κ1) is 16.2. The number of rotatable bonds is 2. The van der Waals surface area contributed by atoms with E-state index >= 15 is 0 Å². The smallest absolute Gasteiger partial charge is 0.272 e. The molecule has 1 aliphatic heterocycles. The molecule has 0 bridgehead atoms. The fourth-order valence-electron chi connectivity index (χ4n) is 3.56. The second-order valence-electron chi connectivity index (χ2n) is 6.77. The number of aromatic nitrogens is 3. The average molecular weight is 376 g/mol. The molecule has 9 heteroatoms. The van der Waals surface area contributed by atoms with Crippen LogP contribution < -0.4 is 5.12 Å². The second-order valence-corrected chi connectivity index (χ2v) is 6.77. The molecule has 0 spiro atoms. The minimum Gasteiger partial charge on any atom is -0.272 e. The van der Waals surface area contributed by atoms with Gasteiger partial charge in [0.05, 0.1) is 23.5 Å². The number of nitrogens with zero attached hydrogens (tertiary/aromatic N) is 4. The Morgan fingerprint density at radius 2 is 1.93 bits per heavy atom. The maximum atomic E-state index is 13.8. The molecule has 3 heterocycles. The Morgan fingerprint density at radius 3 is 2.63 bits per heavy atom. The number of anilines is 1. The predicted octanol–water partition coefficient (Wildman–Crippen LogP) is 4.07. The normalized spacial score (nSPS) is 17.0. The van der Waals surface area contributed by atoms with Crippen molar-refractivity contribution >= 4 is 17.2 Å². The first-order valence-electron chi connectivity index (χ1n) is 8.41. The lowest BCUT2D eigenvalue weighted by molar-refractivity contribution is -0.145. The summed E-state index contributed by atoms with van der Waals surface area (Å²) < 4.78 is 55.4. The molecule has 3 aromatic rings. The zero-order chi connectivity index (χ0) is 18.9. The van der Waals surface area contributed by atoms with Crippen molar-refractivity contribution in [3.63, 3.8) is 0 Å². The van der Waals surface area contributed by atoms with E-state index in [1.165, 1.54) is 18.2 Å². The number of fused-ring (bicyclic) bond motifs is 2. The number of imidazole rings is 1. The first-order valence-corrected chi connectivity index (χ1v) is 8.41. The molecule has 2 aromatic heterocycles. The number of halogens is 4. The number of alkyl halides is 3. The van der Waals surface area contributed by atoms with Crippen LogP contribution in [0.2, 0.25) is 0 Å². The van der Waals surface area contributed by atoms with E-state index in [9.17, 15) is 22.4 Å². The minimum absolute atomic E-state index is 0.0676. The molecule has 0 unspecified atom stereocenters. The molecule has 1 aliphatic carbocycles. The largest absolute Gasteiger partial charge is 0.450 e. The predicted molar refractivity (Wildman–Crippen MR) is 87.7 cm³/mol. The summed E-state index contributed by atoms with van der Waals surface area (Å²) in [5, 5.41) is 0.0676. The van der Waals surface area contributed by atoms with Crippen LogP contribution in [0.1, 0.15) is 35.8 Å². The maximum Gasteiger partial charge on any atom is 0.450 e. The molecule has 0 atom stereocenters. The summed E-state index contributed by atoms with van der Waals surface area (Å²) in [6, 6.07) is 5.93. The van der Waals surface area contributed by atoms with E-state index in [0.29, 0.717) is 22.5 Å². The molecular weight excluding hydrogens is 364 g/mol. The summed E-state index contributed by atoms with van der Waals surface area (Å²) in [7, 11) is 0. The van der Waals surface area contributed by atoms with Crippen molar-refractivity contribution in [2.45, 2.75) is 31.4 Å². The quantitative estimate of drug-likeness (QED) is 0.501. The van der Waals surface area contributed by atoms with Gasteiger partial charge in [0.15, 0.2) is 0 Å². The Labute approximate surface area is 150 Å². The third-order valence-electron chi connectivity index (χ3n) is 4.91. The highest BCUT2D eigenvalue weighted by molar-refractivity contribution is 6.00. The van der Waals surface area contributed by atoms with Gasteiger partial charge in [-0.15, -0.1) is 5.12 Å². The third kappa shape index (κ3) is 2.41. The Balaban J connectivity index is 1.79. The van der Waals surface area contributed by atoms with Gasteiger partial charge in [0.2, 0.25) is 5.82 Å². The van der Waals surface area contributed by atoms with Gasteiger partial charge in [0, 0.05) is 17.7 Å². The Kier molecular flexibility index (Phi) is 3.17. The standard InChI is InChI=1S/C18H12F4N4O/c19-18(20,21)17-23-6-5-13-24-15(9-1-2-9)16(25(13)17)10-3-4-12-11(7-10)8-14(27)26(12)22/h3-7,9H,1-2,8H2. The van der Waals surface area contributed by atoms with Gasteiger partial charge >= 0.3 is 6.18 Å². The van der Waals surface area contributed by atoms with Crippen LogP contribution in [0, 0.1) is 0 Å². The molecular formula is C18H12F4N4O. The van der Waals surface area contributed by atoms with Crippen molar-refractivity contribution < 1.29 is 22.4 Å². The maximum absolute atomic E-state index is 13.8. The van der Waals surface area contributed by atoms with Crippen molar-refractivity contribution in [2.24, 2.45) is 0 Å². The molecule has 1 aromatic carbocycles. The van der Waals surface area contributed by atoms with Gasteiger partial charge in [0.25, 0.3) is 5.91 Å². The number of hydrogen-bond donors (Lipinski definition) is 0. The van der Waals surface area contributed by atoms with Gasteiger partial charge in [0.1, 0.15) is 5.65 Å². The molecule has 5 rings (SSSR count). The Bertz CT molecular complexity index is 1100. The molecule has 5 nitrogen and oxygen atoms in total. The molecule has 27 heavy (non-hydrogen) atoms. The molecule has 138 valence electrons. The molecule has 1 fully saturated rings. The van der Waals surface area contributed by atoms with Gasteiger partial charge in [-0.2, -0.15) is 13.2 Å². The highest BCUT2D eigenvalue weighted by Gasteiger charge is 2.39. The summed E-state index contributed by atoms with van der Waals surface area (Å²) >= 11 is 0. The van der Waals surface area contributed by atoms with Crippen LogP contribution in [0.3, 0.4) is 0 Å². The highest BCUT2D eigenvalue weighted by atomic mass is 19.4. The summed E-state index contributed by atoms with van der Waals surface area (Å²) in [5.41, 5.74) is 2.08. The average Bonchev–Trinajstić information content (AvgIpc) is 3.33. The molecule has 1 amide bonds. The van der Waals surface area contributed by atoms with Crippen LogP contribution in [0.15, 0.2) is 30.5 Å². The molecule has 0 saturated heterocycles. The molecule has 2 aliphatic rings. The Morgan fingerprint density at radius 1 is 1.15 bits per heavy atom. The summed E-state index contributed by atoms with van der Waals surface area (Å²) in [6.45, 7) is 0. The SMILES string of the molecule is O=C1Cc2cc(-c3c(C4CC4)nc4ccnc(C(F)(F)F)n34)ccc2N1F. The lowest BCUT2D eigenvalue weighted by Crippen LogP contribution is -2.15. The number of benzene rings is 1. The number of hydrogen-bond acceptors (Lipinski definition) is 3. The zero-order valence-electron chi connectivity index (χ0n) is 13.8. The van der Waals surface area contributed by atoms with E-state index in [2.05, 4.69) is 9.97 Å². The monoisotopic (exact) mass is 376 g/mol. The van der Waals surface area contributed by atoms with Crippen molar-refractivity contribution in [3.05, 3.63) is 47.5 Å². The van der Waals surface area contributed by atoms with E-state index in [1.54, 1.807) is 6.07 Å². The van der Waals surface area contributed by atoms with E-state index < -0.39 is 17.9 Å². The van der Waals surface area contributed by atoms with Crippen LogP contribution in [-0.2, 0) is 17.4 Å². The van der Waals surface area contributed by atoms with E-state index in [0.717, 1.165) is 23.4 Å². The van der Waals surface area contributed by atoms with E-state index in [4.69, 9.17) is 0 Å². The first-order chi connectivity index (χ1) is 12.8. The number of amides is 1. The van der Waals surface area contributed by atoms with Gasteiger partial charge in [-0.05, 0) is 36.6 Å². The van der Waals surface area contributed by atoms with Gasteiger partial charge < -0.3 is 0 Å². The van der Waals surface area contributed by atoms with Crippen LogP contribution in [0.25, 0.3) is 16.9 Å². The summed E-state index contributed by atoms with van der Waals surface area (Å²) in [5.74, 6) is -1.66. The molecule has 0 N–H and O–H groups in total. The van der Waals surface area contributed by atoms with Crippen LogP contribution in [0.4, 0.5) is 23.3 Å². The van der Waals surface area contributed by atoms with Gasteiger partial charge in [-0.1, -0.05) is 10.5 Å². The summed E-state index contributed by atoms with van der Waals surface area (Å²) in [4.78, 5) is 19.5. The highest BCUT2D eigenvalue weighted by Crippen LogP contribution is 2.46. The lowest BCUT2D eigenvalue weighted by atomic mass is 10.0. The fourth-order valence-corrected chi connectivity index (χ4v) is 3.56. The topological polar surface area (TPSA) is 50.5 Å². The zero-order valence-corrected chi connectivity index (χ0v) is 13.8. The number of carbonyl (C=O) groups excluding carboxylic acids is 1. The van der Waals surface area contributed by atoms with Gasteiger partial charge in [-0.3, -0.25) is 9.20 Å². The van der Waals surface area contributed by atoms with Crippen molar-refractivity contribution in [1.29, 1.82) is 0 Å². The van der Waals surface area contributed by atoms with Crippen molar-refractivity contribution in [3.8, 4) is 11.3 Å². The van der Waals surface area contributed by atoms with Crippen LogP contribution >= 0.6 is 0 Å². The van der Waals surface area contributed by atoms with Crippen LogP contribution in [0.5, 0.6) is 0 Å². The van der Waals surface area contributed by atoms with Gasteiger partial charge in [-0.25, -0.2) is 9.97 Å². The van der Waals surface area contributed by atoms with E-state index in [1.807, 2.05) is 0 Å². The Hall–Kier alpha value is -2.97. The number of carbonyl (C=O) groups is 1. The lowest BCUT2D eigenvalue weighted by Gasteiger charge is -2.12. The minimum atomic E-state index is -4.65. The van der Waals surface area contributed by atoms with Crippen LogP contribution in [-0.4, -0.2) is 20.3 Å². The molecule has 1 saturated carbocycles. The van der Waals surface area contributed by atoms with Crippen molar-refractivity contribution in [1.82, 2.24) is 14.4 Å². The second kappa shape index (κ2) is 5.28. The van der Waals surface area contributed by atoms with E-state index in [-0.39, 0.29) is 28.8 Å². The summed E-state index contributed by atoms with van der Waals surface area (Å²) in [6.07, 6.45) is -1.98. The fraction of sp³-hybridized carbons (Fsp3) is 0.278. The molecule has 0 radical (unpaired) electrons. The third-order valence-corrected chi connectivity index (χ3v) is 4.91.